The summed E-state index contributed by atoms with van der Waals surface area (Å²) in [6.45, 7) is 0. The van der Waals surface area contributed by atoms with Crippen LogP contribution >= 0.6 is 0 Å². The molecule has 0 amide bonds. The SMILES string of the molecule is COc1ccc(N/C=C/C(=O)C(F)(F)F)c(OC)c1. The highest BCUT2D eigenvalue weighted by Crippen LogP contribution is 2.29. The predicted octanol–water partition coefficient (Wildman–Crippen LogP) is 2.76. The topological polar surface area (TPSA) is 47.6 Å². The van der Waals surface area contributed by atoms with E-state index in [4.69, 9.17) is 9.47 Å². The Labute approximate surface area is 107 Å². The largest absolute Gasteiger partial charge is 0.497 e. The van der Waals surface area contributed by atoms with Crippen LogP contribution in [0.3, 0.4) is 0 Å². The van der Waals surface area contributed by atoms with Crippen molar-refractivity contribution in [3.8, 4) is 11.5 Å². The molecular formula is C12H12F3NO3. The lowest BCUT2D eigenvalue weighted by Crippen LogP contribution is -2.20. The van der Waals surface area contributed by atoms with Gasteiger partial charge in [0, 0.05) is 18.3 Å². The van der Waals surface area contributed by atoms with Crippen LogP contribution in [0.2, 0.25) is 0 Å². The van der Waals surface area contributed by atoms with Crippen molar-refractivity contribution < 1.29 is 27.4 Å². The summed E-state index contributed by atoms with van der Waals surface area (Å²) in [5.41, 5.74) is 0.412. The minimum Gasteiger partial charge on any atom is -0.497 e. The highest BCUT2D eigenvalue weighted by atomic mass is 19.4. The van der Waals surface area contributed by atoms with Crippen LogP contribution < -0.4 is 14.8 Å². The van der Waals surface area contributed by atoms with E-state index in [1.807, 2.05) is 0 Å². The molecule has 0 saturated heterocycles. The van der Waals surface area contributed by atoms with Crippen LogP contribution in [0.15, 0.2) is 30.5 Å². The number of ether oxygens (including phenoxy) is 2. The van der Waals surface area contributed by atoms with E-state index in [9.17, 15) is 18.0 Å². The molecule has 0 fully saturated rings. The fourth-order valence-electron chi connectivity index (χ4n) is 1.22. The third kappa shape index (κ3) is 4.20. The second-order valence-corrected chi connectivity index (χ2v) is 3.41. The zero-order valence-corrected chi connectivity index (χ0v) is 10.2. The Kier molecular flexibility index (Phi) is 4.80. The van der Waals surface area contributed by atoms with E-state index < -0.39 is 12.0 Å². The standard InChI is InChI=1S/C12H12F3NO3/c1-18-8-3-4-9(10(7-8)19-2)16-6-5-11(17)12(13,14)15/h3-7,16H,1-2H3/b6-5+. The maximum Gasteiger partial charge on any atom is 0.454 e. The molecule has 0 heterocycles. The van der Waals surface area contributed by atoms with Gasteiger partial charge in [0.05, 0.1) is 19.9 Å². The van der Waals surface area contributed by atoms with Crippen molar-refractivity contribution in [1.82, 2.24) is 0 Å². The second-order valence-electron chi connectivity index (χ2n) is 3.41. The number of carbonyl (C=O) groups is 1. The summed E-state index contributed by atoms with van der Waals surface area (Å²) in [5, 5.41) is 2.54. The number of benzene rings is 1. The van der Waals surface area contributed by atoms with Gasteiger partial charge in [0.1, 0.15) is 11.5 Å². The van der Waals surface area contributed by atoms with Crippen molar-refractivity contribution in [2.75, 3.05) is 19.5 Å². The summed E-state index contributed by atoms with van der Waals surface area (Å²) >= 11 is 0. The first-order valence-corrected chi connectivity index (χ1v) is 5.14. The Morgan fingerprint density at radius 3 is 2.47 bits per heavy atom. The summed E-state index contributed by atoms with van der Waals surface area (Å²) < 4.78 is 45.8. The lowest BCUT2D eigenvalue weighted by Gasteiger charge is -2.09. The third-order valence-corrected chi connectivity index (χ3v) is 2.16. The zero-order valence-electron chi connectivity index (χ0n) is 10.2. The van der Waals surface area contributed by atoms with Crippen LogP contribution in [-0.4, -0.2) is 26.2 Å². The number of anilines is 1. The van der Waals surface area contributed by atoms with Gasteiger partial charge in [-0.1, -0.05) is 0 Å². The predicted molar refractivity (Wildman–Crippen MR) is 63.4 cm³/mol. The Bertz CT molecular complexity index is 484. The van der Waals surface area contributed by atoms with Gasteiger partial charge in [0.25, 0.3) is 5.78 Å². The van der Waals surface area contributed by atoms with Gasteiger partial charge in [-0.15, -0.1) is 0 Å². The van der Waals surface area contributed by atoms with Gasteiger partial charge >= 0.3 is 6.18 Å². The Morgan fingerprint density at radius 2 is 1.95 bits per heavy atom. The molecule has 0 spiro atoms. The molecule has 7 heteroatoms. The van der Waals surface area contributed by atoms with Crippen LogP contribution in [-0.2, 0) is 4.79 Å². The van der Waals surface area contributed by atoms with Gasteiger partial charge in [-0.25, -0.2) is 0 Å². The second kappa shape index (κ2) is 6.12. The molecular weight excluding hydrogens is 263 g/mol. The fraction of sp³-hybridized carbons (Fsp3) is 0.250. The van der Waals surface area contributed by atoms with Crippen molar-refractivity contribution in [2.45, 2.75) is 6.18 Å². The monoisotopic (exact) mass is 275 g/mol. The van der Waals surface area contributed by atoms with Crippen LogP contribution in [0.25, 0.3) is 0 Å². The molecule has 19 heavy (non-hydrogen) atoms. The first-order valence-electron chi connectivity index (χ1n) is 5.14. The van der Waals surface area contributed by atoms with E-state index in [0.29, 0.717) is 23.3 Å². The number of carbonyl (C=O) groups excluding carboxylic acids is 1. The van der Waals surface area contributed by atoms with E-state index >= 15 is 0 Å². The number of ketones is 1. The van der Waals surface area contributed by atoms with Gasteiger partial charge < -0.3 is 14.8 Å². The van der Waals surface area contributed by atoms with E-state index in [1.165, 1.54) is 14.2 Å². The summed E-state index contributed by atoms with van der Waals surface area (Å²) in [6, 6.07) is 4.71. The molecule has 0 atom stereocenters. The quantitative estimate of drug-likeness (QED) is 0.839. The minimum atomic E-state index is -4.87. The van der Waals surface area contributed by atoms with E-state index in [-0.39, 0.29) is 0 Å². The minimum absolute atomic E-state index is 0.378. The van der Waals surface area contributed by atoms with Gasteiger partial charge in [0.2, 0.25) is 0 Å². The molecule has 0 aliphatic carbocycles. The molecule has 0 unspecified atom stereocenters. The summed E-state index contributed by atoms with van der Waals surface area (Å²) in [5.74, 6) is -1.02. The van der Waals surface area contributed by atoms with Crippen molar-refractivity contribution in [3.63, 3.8) is 0 Å². The smallest absolute Gasteiger partial charge is 0.454 e. The molecule has 0 saturated carbocycles. The van der Waals surface area contributed by atoms with Crippen molar-refractivity contribution in [2.24, 2.45) is 0 Å². The van der Waals surface area contributed by atoms with Crippen LogP contribution in [0.1, 0.15) is 0 Å². The molecule has 0 bridgehead atoms. The fourth-order valence-corrected chi connectivity index (χ4v) is 1.22. The van der Waals surface area contributed by atoms with Crippen molar-refractivity contribution in [3.05, 3.63) is 30.5 Å². The molecule has 0 radical (unpaired) electrons. The van der Waals surface area contributed by atoms with Gasteiger partial charge in [-0.05, 0) is 12.1 Å². The number of rotatable bonds is 5. The average molecular weight is 275 g/mol. The number of hydrogen-bond donors (Lipinski definition) is 1. The van der Waals surface area contributed by atoms with Gasteiger partial charge in [-0.3, -0.25) is 4.79 Å². The van der Waals surface area contributed by atoms with E-state index in [2.05, 4.69) is 5.32 Å². The zero-order chi connectivity index (χ0) is 14.5. The third-order valence-electron chi connectivity index (χ3n) is 2.16. The van der Waals surface area contributed by atoms with Crippen molar-refractivity contribution in [1.29, 1.82) is 0 Å². The average Bonchev–Trinajstić information content (AvgIpc) is 2.37. The summed E-state index contributed by atoms with van der Waals surface area (Å²) in [4.78, 5) is 10.6. The van der Waals surface area contributed by atoms with Crippen LogP contribution in [0, 0.1) is 0 Å². The molecule has 1 aromatic rings. The molecule has 0 aliphatic rings. The molecule has 4 nitrogen and oxygen atoms in total. The first kappa shape index (κ1) is 14.9. The first-order chi connectivity index (χ1) is 8.88. The number of methoxy groups -OCH3 is 2. The van der Waals surface area contributed by atoms with Crippen LogP contribution in [0.5, 0.6) is 11.5 Å². The summed E-state index contributed by atoms with van der Waals surface area (Å²) in [7, 11) is 2.88. The molecule has 104 valence electrons. The lowest BCUT2D eigenvalue weighted by molar-refractivity contribution is -0.165. The van der Waals surface area contributed by atoms with E-state index in [1.54, 1.807) is 18.2 Å². The van der Waals surface area contributed by atoms with Crippen LogP contribution in [0.4, 0.5) is 18.9 Å². The Morgan fingerprint density at radius 1 is 1.26 bits per heavy atom. The Hall–Kier alpha value is -2.18. The normalized spacial score (nSPS) is 11.4. The maximum atomic E-state index is 11.9. The van der Waals surface area contributed by atoms with Gasteiger partial charge in [0.15, 0.2) is 0 Å². The summed E-state index contributed by atoms with van der Waals surface area (Å²) in [6.07, 6.45) is -3.56. The lowest BCUT2D eigenvalue weighted by atomic mass is 10.2. The number of nitrogens with one attached hydrogen (secondary N) is 1. The number of allylic oxidation sites excluding steroid dienone is 1. The molecule has 1 N–H and O–H groups in total. The van der Waals surface area contributed by atoms with E-state index in [0.717, 1.165) is 6.20 Å². The number of halogens is 3. The number of alkyl halides is 3. The molecule has 1 rings (SSSR count). The number of hydrogen-bond acceptors (Lipinski definition) is 4. The van der Waals surface area contributed by atoms with Crippen molar-refractivity contribution >= 4 is 11.5 Å². The highest BCUT2D eigenvalue weighted by Gasteiger charge is 2.36. The highest BCUT2D eigenvalue weighted by molar-refractivity contribution is 5.94. The molecule has 1 aromatic carbocycles. The Balaban J connectivity index is 2.78. The molecule has 0 aromatic heterocycles. The molecule has 0 aliphatic heterocycles. The van der Waals surface area contributed by atoms with Gasteiger partial charge in [-0.2, -0.15) is 13.2 Å². The maximum absolute atomic E-state index is 11.9.